The molecule has 0 fully saturated rings. The number of carbonyl (C=O) groups is 1. The summed E-state index contributed by atoms with van der Waals surface area (Å²) in [6.45, 7) is 0. The first-order valence-electron chi connectivity index (χ1n) is 4.91. The Balaban J connectivity index is 2.24. The van der Waals surface area contributed by atoms with Crippen LogP contribution >= 0.6 is 0 Å². The number of anilines is 2. The minimum absolute atomic E-state index is 0.191. The van der Waals surface area contributed by atoms with E-state index in [1.165, 1.54) is 30.9 Å². The quantitative estimate of drug-likeness (QED) is 0.541. The van der Waals surface area contributed by atoms with Crippen molar-refractivity contribution >= 4 is 17.5 Å². The van der Waals surface area contributed by atoms with E-state index in [0.29, 0.717) is 0 Å². The highest BCUT2D eigenvalue weighted by molar-refractivity contribution is 6.04. The maximum Gasteiger partial charge on any atom is 0.260 e. The smallest absolute Gasteiger partial charge is 0.260 e. The fourth-order valence-corrected chi connectivity index (χ4v) is 1.27. The van der Waals surface area contributed by atoms with Gasteiger partial charge in [0.15, 0.2) is 17.5 Å². The number of hydrazine groups is 1. The van der Waals surface area contributed by atoms with E-state index >= 15 is 0 Å². The van der Waals surface area contributed by atoms with Gasteiger partial charge in [0, 0.05) is 18.6 Å². The van der Waals surface area contributed by atoms with Crippen LogP contribution in [-0.4, -0.2) is 20.9 Å². The molecule has 2 aromatic heterocycles. The van der Waals surface area contributed by atoms with Crippen molar-refractivity contribution in [2.24, 2.45) is 5.84 Å². The predicted molar refractivity (Wildman–Crippen MR) is 62.0 cm³/mol. The number of carbonyl (C=O) groups excluding carboxylic acids is 1. The lowest BCUT2D eigenvalue weighted by molar-refractivity contribution is 0.102. The van der Waals surface area contributed by atoms with E-state index in [1.54, 1.807) is 0 Å². The highest BCUT2D eigenvalue weighted by Gasteiger charge is 2.16. The van der Waals surface area contributed by atoms with E-state index in [4.69, 9.17) is 5.84 Å². The normalized spacial score (nSPS) is 9.89. The van der Waals surface area contributed by atoms with Gasteiger partial charge in [-0.25, -0.2) is 20.2 Å². The SMILES string of the molecule is NNc1nccc(C(=O)Nc2cnccn2)c1F. The van der Waals surface area contributed by atoms with E-state index in [9.17, 15) is 9.18 Å². The molecular weight excluding hydrogens is 239 g/mol. The van der Waals surface area contributed by atoms with E-state index in [1.807, 2.05) is 0 Å². The molecule has 0 bridgehead atoms. The zero-order chi connectivity index (χ0) is 13.0. The third-order valence-corrected chi connectivity index (χ3v) is 2.08. The summed E-state index contributed by atoms with van der Waals surface area (Å²) >= 11 is 0. The zero-order valence-electron chi connectivity index (χ0n) is 9.09. The Kier molecular flexibility index (Phi) is 3.39. The average molecular weight is 248 g/mol. The van der Waals surface area contributed by atoms with Crippen molar-refractivity contribution < 1.29 is 9.18 Å². The van der Waals surface area contributed by atoms with Gasteiger partial charge in [0.25, 0.3) is 5.91 Å². The van der Waals surface area contributed by atoms with Crippen molar-refractivity contribution in [2.45, 2.75) is 0 Å². The van der Waals surface area contributed by atoms with Crippen LogP contribution in [0.2, 0.25) is 0 Å². The lowest BCUT2D eigenvalue weighted by Crippen LogP contribution is -2.18. The van der Waals surface area contributed by atoms with Crippen molar-refractivity contribution in [3.05, 3.63) is 42.2 Å². The molecule has 0 radical (unpaired) electrons. The standard InChI is InChI=1S/C10H9FN6O/c11-8-6(1-2-15-9(8)17-12)10(18)16-7-5-13-3-4-14-7/h1-5H,12H2,(H,15,17)(H,14,16,18). The molecule has 1 amide bonds. The van der Waals surface area contributed by atoms with Gasteiger partial charge in [-0.2, -0.15) is 0 Å². The summed E-state index contributed by atoms with van der Waals surface area (Å²) in [7, 11) is 0. The highest BCUT2D eigenvalue weighted by Crippen LogP contribution is 2.15. The Morgan fingerprint density at radius 2 is 2.11 bits per heavy atom. The molecule has 0 unspecified atom stereocenters. The van der Waals surface area contributed by atoms with Gasteiger partial charge < -0.3 is 10.7 Å². The maximum atomic E-state index is 13.7. The third kappa shape index (κ3) is 2.38. The molecule has 0 aliphatic heterocycles. The van der Waals surface area contributed by atoms with Gasteiger partial charge >= 0.3 is 0 Å². The third-order valence-electron chi connectivity index (χ3n) is 2.08. The molecule has 2 aromatic rings. The number of aromatic nitrogens is 3. The Morgan fingerprint density at radius 3 is 2.78 bits per heavy atom. The molecular formula is C10H9FN6O. The summed E-state index contributed by atoms with van der Waals surface area (Å²) in [6, 6.07) is 1.24. The van der Waals surface area contributed by atoms with Crippen LogP contribution < -0.4 is 16.6 Å². The van der Waals surface area contributed by atoms with Gasteiger partial charge in [0.05, 0.1) is 11.8 Å². The molecule has 0 aromatic carbocycles. The van der Waals surface area contributed by atoms with Crippen molar-refractivity contribution in [2.75, 3.05) is 10.7 Å². The molecule has 4 N–H and O–H groups in total. The molecule has 0 aliphatic rings. The number of nitrogens with zero attached hydrogens (tertiary/aromatic N) is 3. The summed E-state index contributed by atoms with van der Waals surface area (Å²) in [5, 5.41) is 2.40. The van der Waals surface area contributed by atoms with Gasteiger partial charge in [-0.15, -0.1) is 0 Å². The van der Waals surface area contributed by atoms with Crippen molar-refractivity contribution in [3.63, 3.8) is 0 Å². The summed E-state index contributed by atoms with van der Waals surface area (Å²) in [5.41, 5.74) is 1.87. The van der Waals surface area contributed by atoms with Crippen molar-refractivity contribution in [1.29, 1.82) is 0 Å². The number of pyridine rings is 1. The van der Waals surface area contributed by atoms with Gasteiger partial charge in [0.2, 0.25) is 0 Å². The monoisotopic (exact) mass is 248 g/mol. The van der Waals surface area contributed by atoms with Crippen LogP contribution in [0, 0.1) is 5.82 Å². The van der Waals surface area contributed by atoms with Crippen LogP contribution in [0.15, 0.2) is 30.9 Å². The Hall–Kier alpha value is -2.61. The average Bonchev–Trinajstić information content (AvgIpc) is 2.40. The minimum Gasteiger partial charge on any atom is -0.306 e. The number of rotatable bonds is 3. The second-order valence-corrected chi connectivity index (χ2v) is 3.21. The molecule has 2 rings (SSSR count). The van der Waals surface area contributed by atoms with Gasteiger partial charge in [0.1, 0.15) is 0 Å². The van der Waals surface area contributed by atoms with Gasteiger partial charge in [-0.3, -0.25) is 9.78 Å². The maximum absolute atomic E-state index is 13.7. The van der Waals surface area contributed by atoms with E-state index in [-0.39, 0.29) is 17.2 Å². The van der Waals surface area contributed by atoms with Crippen LogP contribution in [0.4, 0.5) is 16.0 Å². The van der Waals surface area contributed by atoms with Crippen LogP contribution in [0.1, 0.15) is 10.4 Å². The first kappa shape index (κ1) is 11.9. The lowest BCUT2D eigenvalue weighted by atomic mass is 10.2. The van der Waals surface area contributed by atoms with Crippen LogP contribution in [-0.2, 0) is 0 Å². The number of nitrogens with two attached hydrogens (primary N) is 1. The van der Waals surface area contributed by atoms with Crippen molar-refractivity contribution in [1.82, 2.24) is 15.0 Å². The molecule has 0 atom stereocenters. The first-order valence-corrected chi connectivity index (χ1v) is 4.91. The number of nitrogens with one attached hydrogen (secondary N) is 2. The molecule has 7 nitrogen and oxygen atoms in total. The zero-order valence-corrected chi connectivity index (χ0v) is 9.09. The molecule has 8 heteroatoms. The Morgan fingerprint density at radius 1 is 1.28 bits per heavy atom. The number of nitrogen functional groups attached to an aromatic ring is 1. The molecule has 92 valence electrons. The highest BCUT2D eigenvalue weighted by atomic mass is 19.1. The topological polar surface area (TPSA) is 106 Å². The number of hydrogen-bond acceptors (Lipinski definition) is 6. The molecule has 0 aliphatic carbocycles. The lowest BCUT2D eigenvalue weighted by Gasteiger charge is -2.06. The fourth-order valence-electron chi connectivity index (χ4n) is 1.27. The summed E-state index contributed by atoms with van der Waals surface area (Å²) in [4.78, 5) is 23.0. The summed E-state index contributed by atoms with van der Waals surface area (Å²) < 4.78 is 13.7. The summed E-state index contributed by atoms with van der Waals surface area (Å²) in [6.07, 6.45) is 5.48. The van der Waals surface area contributed by atoms with E-state index < -0.39 is 11.7 Å². The number of halogens is 1. The fraction of sp³-hybridized carbons (Fsp3) is 0. The Bertz CT molecular complexity index is 562. The van der Waals surface area contributed by atoms with E-state index in [0.717, 1.165) is 0 Å². The summed E-state index contributed by atoms with van der Waals surface area (Å²) in [5.74, 6) is 3.59. The molecule has 0 saturated heterocycles. The van der Waals surface area contributed by atoms with E-state index in [2.05, 4.69) is 25.7 Å². The molecule has 0 saturated carbocycles. The number of amides is 1. The largest absolute Gasteiger partial charge is 0.306 e. The molecule has 18 heavy (non-hydrogen) atoms. The van der Waals surface area contributed by atoms with Gasteiger partial charge in [-0.1, -0.05) is 0 Å². The second-order valence-electron chi connectivity index (χ2n) is 3.21. The molecule has 0 spiro atoms. The Labute approximate surface area is 101 Å². The van der Waals surface area contributed by atoms with Crippen LogP contribution in [0.25, 0.3) is 0 Å². The van der Waals surface area contributed by atoms with Crippen LogP contribution in [0.3, 0.4) is 0 Å². The second kappa shape index (κ2) is 5.15. The molecule has 2 heterocycles. The van der Waals surface area contributed by atoms with Crippen LogP contribution in [0.5, 0.6) is 0 Å². The van der Waals surface area contributed by atoms with Gasteiger partial charge in [-0.05, 0) is 6.07 Å². The predicted octanol–water partition coefficient (Wildman–Crippen LogP) is 0.549. The first-order chi connectivity index (χ1) is 8.72. The minimum atomic E-state index is -0.832. The van der Waals surface area contributed by atoms with Crippen molar-refractivity contribution in [3.8, 4) is 0 Å². The number of hydrogen-bond donors (Lipinski definition) is 3.